The predicted octanol–water partition coefficient (Wildman–Crippen LogP) is 1.91. The monoisotopic (exact) mass is 457 g/mol. The highest BCUT2D eigenvalue weighted by atomic mass is 28.4. The fourth-order valence-electron chi connectivity index (χ4n) is 3.26. The summed E-state index contributed by atoms with van der Waals surface area (Å²) in [6.45, 7) is 9.71. The highest BCUT2D eigenvalue weighted by Gasteiger charge is 2.52. The largest absolute Gasteiger partial charge is 0.530 e. The number of hydrogen-bond donors (Lipinski definition) is 1. The molecule has 0 rings (SSSR count). The van der Waals surface area contributed by atoms with Gasteiger partial charge in [0.1, 0.15) is 11.5 Å². The van der Waals surface area contributed by atoms with Gasteiger partial charge in [-0.15, -0.1) is 0 Å². The maximum absolute atomic E-state index is 6.68. The van der Waals surface area contributed by atoms with Gasteiger partial charge in [-0.2, -0.15) is 0 Å². The van der Waals surface area contributed by atoms with Gasteiger partial charge in [-0.1, -0.05) is 13.8 Å². The molecule has 0 spiro atoms. The minimum absolute atomic E-state index is 0.361. The molecule has 0 bridgehead atoms. The molecule has 0 saturated heterocycles. The Hall–Kier alpha value is 0.0738. The van der Waals surface area contributed by atoms with E-state index in [4.69, 9.17) is 41.8 Å². The Morgan fingerprint density at radius 3 is 1.07 bits per heavy atom. The summed E-state index contributed by atoms with van der Waals surface area (Å²) in [5.74, 6) is 0. The summed E-state index contributed by atoms with van der Waals surface area (Å²) in [6.07, 6.45) is 0.552. The van der Waals surface area contributed by atoms with Crippen LogP contribution < -0.4 is 5.73 Å². The molecule has 0 aliphatic heterocycles. The lowest BCUT2D eigenvalue weighted by Crippen LogP contribution is -2.64. The molecule has 0 heterocycles. The first-order chi connectivity index (χ1) is 13.5. The Balaban J connectivity index is 5.48. The molecule has 9 nitrogen and oxygen atoms in total. The predicted molar refractivity (Wildman–Crippen MR) is 115 cm³/mol. The third-order valence-electron chi connectivity index (χ3n) is 5.73. The zero-order chi connectivity index (χ0) is 22.9. The van der Waals surface area contributed by atoms with Crippen LogP contribution in [0.15, 0.2) is 0 Å². The summed E-state index contributed by atoms with van der Waals surface area (Å²) in [5.41, 5.74) is 5.13. The van der Waals surface area contributed by atoms with Gasteiger partial charge in [-0.05, 0) is 33.6 Å². The lowest BCUT2D eigenvalue weighted by atomic mass is 9.91. The van der Waals surface area contributed by atoms with Gasteiger partial charge >= 0.3 is 17.6 Å². The second-order valence-corrected chi connectivity index (χ2v) is 13.3. The molecule has 176 valence electrons. The van der Waals surface area contributed by atoms with Crippen molar-refractivity contribution in [1.82, 2.24) is 0 Å². The van der Waals surface area contributed by atoms with Gasteiger partial charge in [0.25, 0.3) is 0 Å². The Bertz CT molecular complexity index is 395. The van der Waals surface area contributed by atoms with E-state index >= 15 is 0 Å². The topological polar surface area (TPSA) is 99.9 Å². The molecule has 0 fully saturated rings. The third kappa shape index (κ3) is 6.53. The molecule has 4 atom stereocenters. The maximum atomic E-state index is 6.68. The van der Waals surface area contributed by atoms with Crippen LogP contribution >= 0.6 is 0 Å². The van der Waals surface area contributed by atoms with Gasteiger partial charge in [-0.25, -0.2) is 0 Å². The minimum atomic E-state index is -2.98. The summed E-state index contributed by atoms with van der Waals surface area (Å²) >= 11 is 0. The third-order valence-corrected chi connectivity index (χ3v) is 11.8. The fourth-order valence-corrected chi connectivity index (χ4v) is 7.58. The fraction of sp³-hybridized carbons (Fsp3) is 1.00. The lowest BCUT2D eigenvalue weighted by Gasteiger charge is -2.43. The Kier molecular flexibility index (Phi) is 12.8. The summed E-state index contributed by atoms with van der Waals surface area (Å²) in [5, 5.41) is 0. The van der Waals surface area contributed by atoms with E-state index in [-0.39, 0.29) is 23.7 Å². The van der Waals surface area contributed by atoms with Crippen molar-refractivity contribution in [3.05, 3.63) is 0 Å². The molecule has 0 amide bonds. The molecule has 29 heavy (non-hydrogen) atoms. The Morgan fingerprint density at radius 2 is 0.897 bits per heavy atom. The SMILES string of the molecule is CCC(OC(C)C(C)(N)C(C)OC(CC)[Si](OC)(OC)OC)[Si](OC)(OC)OC. The van der Waals surface area contributed by atoms with E-state index in [0.29, 0.717) is 12.8 Å². The van der Waals surface area contributed by atoms with E-state index in [1.54, 1.807) is 42.7 Å². The van der Waals surface area contributed by atoms with Crippen molar-refractivity contribution < 1.29 is 36.0 Å². The molecule has 0 aromatic carbocycles. The quantitative estimate of drug-likeness (QED) is 0.348. The Morgan fingerprint density at radius 1 is 0.655 bits per heavy atom. The molecule has 4 unspecified atom stereocenters. The number of rotatable bonds is 16. The van der Waals surface area contributed by atoms with Crippen LogP contribution in [-0.2, 0) is 36.0 Å². The smallest absolute Gasteiger partial charge is 0.375 e. The minimum Gasteiger partial charge on any atom is -0.375 e. The molecule has 2 N–H and O–H groups in total. The number of ether oxygens (including phenoxy) is 2. The normalized spacial score (nSPS) is 19.4. The van der Waals surface area contributed by atoms with Gasteiger partial charge in [-0.3, -0.25) is 0 Å². The van der Waals surface area contributed by atoms with E-state index in [2.05, 4.69) is 0 Å². The van der Waals surface area contributed by atoms with Crippen molar-refractivity contribution in [1.29, 1.82) is 0 Å². The van der Waals surface area contributed by atoms with E-state index in [1.807, 2.05) is 34.6 Å². The molecule has 0 aromatic rings. The molecule has 0 aliphatic carbocycles. The first-order valence-corrected chi connectivity index (χ1v) is 13.6. The lowest BCUT2D eigenvalue weighted by molar-refractivity contribution is -0.106. The van der Waals surface area contributed by atoms with Crippen molar-refractivity contribution in [2.45, 2.75) is 76.7 Å². The van der Waals surface area contributed by atoms with Crippen LogP contribution in [0.1, 0.15) is 47.5 Å². The highest BCUT2D eigenvalue weighted by molar-refractivity contribution is 6.62. The zero-order valence-electron chi connectivity index (χ0n) is 20.1. The number of hydrogen-bond acceptors (Lipinski definition) is 9. The van der Waals surface area contributed by atoms with Crippen LogP contribution in [0.25, 0.3) is 0 Å². The molecular weight excluding hydrogens is 414 g/mol. The van der Waals surface area contributed by atoms with Crippen molar-refractivity contribution in [3.63, 3.8) is 0 Å². The summed E-state index contributed by atoms with van der Waals surface area (Å²) in [4.78, 5) is 0. The second-order valence-electron chi connectivity index (χ2n) is 7.15. The maximum Gasteiger partial charge on any atom is 0.530 e. The van der Waals surface area contributed by atoms with Crippen LogP contribution in [-0.4, -0.2) is 89.5 Å². The molecule has 11 heteroatoms. The van der Waals surface area contributed by atoms with Crippen LogP contribution in [0, 0.1) is 0 Å². The van der Waals surface area contributed by atoms with Crippen molar-refractivity contribution in [3.8, 4) is 0 Å². The number of nitrogens with two attached hydrogens (primary N) is 1. The summed E-state index contributed by atoms with van der Waals surface area (Å²) in [6, 6.07) is 0. The molecule has 0 radical (unpaired) electrons. The molecule has 0 saturated carbocycles. The van der Waals surface area contributed by atoms with Gasteiger partial charge in [0.05, 0.1) is 17.7 Å². The van der Waals surface area contributed by atoms with Gasteiger partial charge in [0, 0.05) is 42.7 Å². The van der Waals surface area contributed by atoms with E-state index < -0.39 is 23.1 Å². The van der Waals surface area contributed by atoms with Crippen LogP contribution in [0.2, 0.25) is 0 Å². The first-order valence-electron chi connectivity index (χ1n) is 9.95. The Labute approximate surface area is 179 Å². The van der Waals surface area contributed by atoms with Gasteiger partial charge in [0.2, 0.25) is 0 Å². The zero-order valence-corrected chi connectivity index (χ0v) is 22.1. The van der Waals surface area contributed by atoms with Gasteiger partial charge in [0.15, 0.2) is 0 Å². The average molecular weight is 458 g/mol. The first kappa shape index (κ1) is 29.1. The molecular formula is C18H43NO8Si2. The standard InChI is InChI=1S/C18H43NO8Si2/c1-12-16(28(20-6,21-7)22-8)26-14(3)18(5,19)15(4)27-17(13-2)29(23-9,24-10)25-11/h14-17H,12-13,19H2,1-11H3. The van der Waals surface area contributed by atoms with Crippen LogP contribution in [0.3, 0.4) is 0 Å². The van der Waals surface area contributed by atoms with E-state index in [0.717, 1.165) is 0 Å². The molecule has 0 aliphatic rings. The highest BCUT2D eigenvalue weighted by Crippen LogP contribution is 2.28. The second kappa shape index (κ2) is 12.8. The van der Waals surface area contributed by atoms with Crippen molar-refractivity contribution in [2.24, 2.45) is 5.73 Å². The van der Waals surface area contributed by atoms with Crippen molar-refractivity contribution in [2.75, 3.05) is 42.7 Å². The molecule has 0 aromatic heterocycles. The van der Waals surface area contributed by atoms with Crippen LogP contribution in [0.4, 0.5) is 0 Å². The van der Waals surface area contributed by atoms with Gasteiger partial charge < -0.3 is 41.8 Å². The summed E-state index contributed by atoms with van der Waals surface area (Å²) < 4.78 is 46.1. The van der Waals surface area contributed by atoms with Crippen LogP contribution in [0.5, 0.6) is 0 Å². The van der Waals surface area contributed by atoms with E-state index in [9.17, 15) is 0 Å². The van der Waals surface area contributed by atoms with Crippen molar-refractivity contribution >= 4 is 17.6 Å². The summed E-state index contributed by atoms with van der Waals surface area (Å²) in [7, 11) is 3.45. The average Bonchev–Trinajstić information content (AvgIpc) is 2.74. The van der Waals surface area contributed by atoms with E-state index in [1.165, 1.54) is 0 Å².